The number of likely N-dealkylation sites (tertiary alicyclic amines) is 1. The van der Waals surface area contributed by atoms with Crippen LogP contribution in [-0.2, 0) is 6.54 Å². The highest BCUT2D eigenvalue weighted by Gasteiger charge is 2.17. The Kier molecular flexibility index (Phi) is 4.51. The van der Waals surface area contributed by atoms with Gasteiger partial charge >= 0.3 is 0 Å². The van der Waals surface area contributed by atoms with Gasteiger partial charge in [0.15, 0.2) is 0 Å². The number of piperidine rings is 1. The molecular weight excluding hydrogens is 210 g/mol. The Morgan fingerprint density at radius 2 is 2.12 bits per heavy atom. The minimum Gasteiger partial charge on any atom is -0.310 e. The molecule has 1 saturated heterocycles. The maximum Gasteiger partial charge on any atom is 0.0372 e. The first kappa shape index (κ1) is 12.5. The molecule has 1 fully saturated rings. The molecule has 2 rings (SSSR count). The Morgan fingerprint density at radius 3 is 2.71 bits per heavy atom. The molecule has 2 heterocycles. The van der Waals surface area contributed by atoms with E-state index >= 15 is 0 Å². The first-order valence-electron chi connectivity index (χ1n) is 6.65. The van der Waals surface area contributed by atoms with Gasteiger partial charge in [0.1, 0.15) is 0 Å². The predicted molar refractivity (Wildman–Crippen MR) is 70.9 cm³/mol. The van der Waals surface area contributed by atoms with Crippen molar-refractivity contribution in [3.05, 3.63) is 29.6 Å². The number of nitrogens with one attached hydrogen (secondary N) is 1. The molecule has 3 nitrogen and oxygen atoms in total. The molecular formula is C14H23N3. The van der Waals surface area contributed by atoms with Crippen LogP contribution < -0.4 is 5.32 Å². The zero-order valence-corrected chi connectivity index (χ0v) is 10.9. The summed E-state index contributed by atoms with van der Waals surface area (Å²) in [6.45, 7) is 8.88. The quantitative estimate of drug-likeness (QED) is 0.861. The smallest absolute Gasteiger partial charge is 0.0372 e. The van der Waals surface area contributed by atoms with Crippen molar-refractivity contribution in [1.82, 2.24) is 15.2 Å². The summed E-state index contributed by atoms with van der Waals surface area (Å²) in [5, 5.41) is 3.64. The number of aryl methyl sites for hydroxylation is 1. The monoisotopic (exact) mass is 233 g/mol. The molecule has 0 amide bonds. The summed E-state index contributed by atoms with van der Waals surface area (Å²) in [5.41, 5.74) is 2.37. The second kappa shape index (κ2) is 6.12. The third kappa shape index (κ3) is 3.79. The van der Waals surface area contributed by atoms with Gasteiger partial charge in [-0.05, 0) is 51.0 Å². The van der Waals surface area contributed by atoms with Crippen LogP contribution in [-0.4, -0.2) is 35.6 Å². The summed E-state index contributed by atoms with van der Waals surface area (Å²) in [4.78, 5) is 6.84. The summed E-state index contributed by atoms with van der Waals surface area (Å²) >= 11 is 0. The molecule has 94 valence electrons. The van der Waals surface area contributed by atoms with E-state index < -0.39 is 0 Å². The number of pyridine rings is 1. The fourth-order valence-electron chi connectivity index (χ4n) is 2.32. The number of hydrogen-bond acceptors (Lipinski definition) is 3. The zero-order valence-electron chi connectivity index (χ0n) is 10.9. The van der Waals surface area contributed by atoms with Crippen molar-refractivity contribution in [3.63, 3.8) is 0 Å². The van der Waals surface area contributed by atoms with Crippen LogP contribution in [0.15, 0.2) is 18.3 Å². The number of rotatable bonds is 4. The van der Waals surface area contributed by atoms with Gasteiger partial charge in [-0.3, -0.25) is 4.98 Å². The van der Waals surface area contributed by atoms with E-state index in [0.29, 0.717) is 6.04 Å². The van der Waals surface area contributed by atoms with Crippen molar-refractivity contribution >= 4 is 0 Å². The Morgan fingerprint density at radius 1 is 1.35 bits per heavy atom. The maximum absolute atomic E-state index is 4.32. The summed E-state index contributed by atoms with van der Waals surface area (Å²) in [6, 6.07) is 4.92. The van der Waals surface area contributed by atoms with Crippen LogP contribution in [0, 0.1) is 6.92 Å². The van der Waals surface area contributed by atoms with Crippen LogP contribution in [0.3, 0.4) is 0 Å². The first-order chi connectivity index (χ1) is 8.28. The average Bonchev–Trinajstić information content (AvgIpc) is 2.39. The van der Waals surface area contributed by atoms with Gasteiger partial charge in [0.05, 0.1) is 0 Å². The van der Waals surface area contributed by atoms with E-state index in [1.165, 1.54) is 38.0 Å². The normalized spacial score (nSPS) is 18.5. The van der Waals surface area contributed by atoms with Crippen LogP contribution in [0.25, 0.3) is 0 Å². The Hall–Kier alpha value is -0.930. The number of aromatic nitrogens is 1. The minimum atomic E-state index is 0.680. The molecule has 0 bridgehead atoms. The fraction of sp³-hybridized carbons (Fsp3) is 0.643. The lowest BCUT2D eigenvalue weighted by Crippen LogP contribution is -2.42. The van der Waals surface area contributed by atoms with Gasteiger partial charge in [0.2, 0.25) is 0 Å². The molecule has 0 atom stereocenters. The average molecular weight is 233 g/mol. The fourth-order valence-corrected chi connectivity index (χ4v) is 2.32. The summed E-state index contributed by atoms with van der Waals surface area (Å²) < 4.78 is 0. The summed E-state index contributed by atoms with van der Waals surface area (Å²) in [7, 11) is 0. The molecule has 1 aromatic heterocycles. The molecule has 0 aliphatic carbocycles. The summed E-state index contributed by atoms with van der Waals surface area (Å²) in [6.07, 6.45) is 4.52. The van der Waals surface area contributed by atoms with E-state index in [-0.39, 0.29) is 0 Å². The van der Waals surface area contributed by atoms with Crippen LogP contribution >= 0.6 is 0 Å². The lowest BCUT2D eigenvalue weighted by molar-refractivity contribution is 0.206. The van der Waals surface area contributed by atoms with E-state index in [2.05, 4.69) is 34.3 Å². The van der Waals surface area contributed by atoms with Crippen molar-refractivity contribution < 1.29 is 0 Å². The topological polar surface area (TPSA) is 28.2 Å². The van der Waals surface area contributed by atoms with E-state index in [9.17, 15) is 0 Å². The van der Waals surface area contributed by atoms with Gasteiger partial charge in [-0.1, -0.05) is 13.0 Å². The largest absolute Gasteiger partial charge is 0.310 e. The van der Waals surface area contributed by atoms with Gasteiger partial charge in [-0.15, -0.1) is 0 Å². The van der Waals surface area contributed by atoms with Crippen molar-refractivity contribution in [2.75, 3.05) is 19.6 Å². The molecule has 1 aliphatic heterocycles. The Labute approximate surface area is 104 Å². The van der Waals surface area contributed by atoms with Crippen molar-refractivity contribution in [3.8, 4) is 0 Å². The standard InChI is InChI=1S/C14H23N3/c1-3-17-8-6-14(7-9-17)16-11-13-5-4-12(2)15-10-13/h4-5,10,14,16H,3,6-9,11H2,1-2H3. The van der Waals surface area contributed by atoms with E-state index in [4.69, 9.17) is 0 Å². The highest BCUT2D eigenvalue weighted by molar-refractivity contribution is 5.12. The number of nitrogens with zero attached hydrogens (tertiary/aromatic N) is 2. The van der Waals surface area contributed by atoms with E-state index in [1.54, 1.807) is 0 Å². The van der Waals surface area contributed by atoms with Crippen LogP contribution in [0.2, 0.25) is 0 Å². The Balaban J connectivity index is 1.74. The second-order valence-electron chi connectivity index (χ2n) is 4.90. The van der Waals surface area contributed by atoms with Crippen molar-refractivity contribution in [2.24, 2.45) is 0 Å². The molecule has 0 spiro atoms. The van der Waals surface area contributed by atoms with Gasteiger partial charge in [-0.25, -0.2) is 0 Å². The second-order valence-corrected chi connectivity index (χ2v) is 4.90. The predicted octanol–water partition coefficient (Wildman–Crippen LogP) is 1.96. The SMILES string of the molecule is CCN1CCC(NCc2ccc(C)nc2)CC1. The van der Waals surface area contributed by atoms with Crippen molar-refractivity contribution in [1.29, 1.82) is 0 Å². The molecule has 0 aromatic carbocycles. The highest BCUT2D eigenvalue weighted by Crippen LogP contribution is 2.10. The molecule has 3 heteroatoms. The maximum atomic E-state index is 4.32. The minimum absolute atomic E-state index is 0.680. The molecule has 0 unspecified atom stereocenters. The third-order valence-corrected chi connectivity index (χ3v) is 3.60. The third-order valence-electron chi connectivity index (χ3n) is 3.60. The number of hydrogen-bond donors (Lipinski definition) is 1. The molecule has 1 N–H and O–H groups in total. The van der Waals surface area contributed by atoms with Gasteiger partial charge in [-0.2, -0.15) is 0 Å². The molecule has 0 saturated carbocycles. The van der Waals surface area contributed by atoms with Crippen LogP contribution in [0.5, 0.6) is 0 Å². The lowest BCUT2D eigenvalue weighted by atomic mass is 10.0. The van der Waals surface area contributed by atoms with Gasteiger partial charge < -0.3 is 10.2 Å². The van der Waals surface area contributed by atoms with Crippen molar-refractivity contribution in [2.45, 2.75) is 39.3 Å². The molecule has 0 radical (unpaired) electrons. The van der Waals surface area contributed by atoms with Crippen LogP contribution in [0.1, 0.15) is 31.0 Å². The zero-order chi connectivity index (χ0) is 12.1. The van der Waals surface area contributed by atoms with E-state index in [1.807, 2.05) is 13.1 Å². The van der Waals surface area contributed by atoms with E-state index in [0.717, 1.165) is 12.2 Å². The van der Waals surface area contributed by atoms with Gasteiger partial charge in [0.25, 0.3) is 0 Å². The van der Waals surface area contributed by atoms with Gasteiger partial charge in [0, 0.05) is 24.5 Å². The molecule has 17 heavy (non-hydrogen) atoms. The Bertz CT molecular complexity index is 326. The summed E-state index contributed by atoms with van der Waals surface area (Å²) in [5.74, 6) is 0. The molecule has 1 aliphatic rings. The lowest BCUT2D eigenvalue weighted by Gasteiger charge is -2.31. The first-order valence-corrected chi connectivity index (χ1v) is 6.65. The van der Waals surface area contributed by atoms with Crippen LogP contribution in [0.4, 0.5) is 0 Å². The highest BCUT2D eigenvalue weighted by atomic mass is 15.1. The molecule has 1 aromatic rings.